The number of carbonyl (C=O) groups is 2. The lowest BCUT2D eigenvalue weighted by Gasteiger charge is -2.36. The first-order valence-electron chi connectivity index (χ1n) is 9.89. The quantitative estimate of drug-likeness (QED) is 0.110. The van der Waals surface area contributed by atoms with Gasteiger partial charge in [0.15, 0.2) is 0 Å². The number of aldehydes is 1. The van der Waals surface area contributed by atoms with Gasteiger partial charge < -0.3 is 9.16 Å². The highest BCUT2D eigenvalue weighted by Gasteiger charge is 2.38. The molecular weight excluding hydrogens is 370 g/mol. The monoisotopic (exact) mass is 405 g/mol. The van der Waals surface area contributed by atoms with Gasteiger partial charge in [0.2, 0.25) is 8.32 Å². The molecule has 0 unspecified atom stereocenters. The maximum absolute atomic E-state index is 12.0. The Balaban J connectivity index is 2.74. The molecule has 0 saturated carbocycles. The average Bonchev–Trinajstić information content (AvgIpc) is 3.01. The minimum atomic E-state index is -1.94. The number of carbonyl (C=O) groups excluding carboxylic acids is 2. The molecule has 28 heavy (non-hydrogen) atoms. The van der Waals surface area contributed by atoms with Crippen molar-refractivity contribution in [2.45, 2.75) is 64.6 Å². The fraction of sp³-hybridized carbons (Fsp3) is 0.545. The van der Waals surface area contributed by atoms with Crippen LogP contribution in [0.1, 0.15) is 46.5 Å². The summed E-state index contributed by atoms with van der Waals surface area (Å²) in [5.74, 6) is 0.615. The van der Waals surface area contributed by atoms with E-state index in [9.17, 15) is 9.59 Å². The lowest BCUT2D eigenvalue weighted by atomic mass is 10.1. The number of amides is 1. The Bertz CT molecular complexity index is 641. The van der Waals surface area contributed by atoms with Gasteiger partial charge in [0.1, 0.15) is 12.9 Å². The number of hydrogen-bond donors (Lipinski definition) is 0. The zero-order valence-corrected chi connectivity index (χ0v) is 19.0. The first-order valence-corrected chi connectivity index (χ1v) is 12.8. The normalized spacial score (nSPS) is 16.1. The van der Waals surface area contributed by atoms with Gasteiger partial charge in [-0.3, -0.25) is 9.69 Å². The van der Waals surface area contributed by atoms with Crippen molar-refractivity contribution in [3.05, 3.63) is 48.4 Å². The predicted molar refractivity (Wildman–Crippen MR) is 116 cm³/mol. The van der Waals surface area contributed by atoms with E-state index in [-0.39, 0.29) is 11.1 Å². The van der Waals surface area contributed by atoms with Crippen molar-refractivity contribution in [1.82, 2.24) is 4.90 Å². The van der Waals surface area contributed by atoms with Crippen LogP contribution in [0.5, 0.6) is 0 Å². The van der Waals surface area contributed by atoms with Crippen molar-refractivity contribution in [2.24, 2.45) is 0 Å². The molecule has 0 N–H and O–H groups in total. The highest BCUT2D eigenvalue weighted by molar-refractivity contribution is 6.74. The zero-order valence-electron chi connectivity index (χ0n) is 18.0. The molecule has 1 heterocycles. The highest BCUT2D eigenvalue weighted by Crippen LogP contribution is 2.37. The van der Waals surface area contributed by atoms with Crippen molar-refractivity contribution in [3.8, 4) is 0 Å². The van der Waals surface area contributed by atoms with E-state index in [1.807, 2.05) is 24.3 Å². The third-order valence-corrected chi connectivity index (χ3v) is 9.48. The number of rotatable bonds is 11. The summed E-state index contributed by atoms with van der Waals surface area (Å²) in [5.41, 5.74) is 0.811. The first kappa shape index (κ1) is 24.0. The smallest absolute Gasteiger partial charge is 0.414 e. The van der Waals surface area contributed by atoms with Crippen LogP contribution < -0.4 is 0 Å². The summed E-state index contributed by atoms with van der Waals surface area (Å²) in [6.07, 6.45) is 13.3. The molecule has 0 radical (unpaired) electrons. The second-order valence-corrected chi connectivity index (χ2v) is 13.1. The van der Waals surface area contributed by atoms with Gasteiger partial charge in [0.25, 0.3) is 0 Å². The van der Waals surface area contributed by atoms with Crippen molar-refractivity contribution in [1.29, 1.82) is 0 Å². The van der Waals surface area contributed by atoms with E-state index in [1.54, 1.807) is 4.90 Å². The standard InChI is InChI=1S/C22H35NO4Si/c1-19(27-28(5,6)22(2,3)4)14-15-20(23-16-18-26-21(23)25)13-11-9-7-8-10-12-17-24/h10,12-15,17H,1,7-9,11,16,18H2,2-6H3/b12-10+,15-14+,20-13-. The summed E-state index contributed by atoms with van der Waals surface area (Å²) < 4.78 is 11.3. The number of hydrogen-bond acceptors (Lipinski definition) is 4. The Kier molecular flexibility index (Phi) is 9.45. The Labute approximate surface area is 170 Å². The maximum atomic E-state index is 12.0. The van der Waals surface area contributed by atoms with Gasteiger partial charge in [-0.15, -0.1) is 0 Å². The zero-order chi connectivity index (χ0) is 21.2. The van der Waals surface area contributed by atoms with Gasteiger partial charge in [0, 0.05) is 5.70 Å². The molecule has 1 fully saturated rings. The van der Waals surface area contributed by atoms with E-state index in [4.69, 9.17) is 9.16 Å². The Morgan fingerprint density at radius 3 is 2.50 bits per heavy atom. The Morgan fingerprint density at radius 1 is 1.25 bits per heavy atom. The van der Waals surface area contributed by atoms with Gasteiger partial charge in [-0.05, 0) is 62.0 Å². The van der Waals surface area contributed by atoms with Crippen LogP contribution >= 0.6 is 0 Å². The van der Waals surface area contributed by atoms with E-state index in [1.165, 1.54) is 6.08 Å². The molecule has 0 aromatic rings. The third-order valence-electron chi connectivity index (χ3n) is 5.10. The molecular formula is C22H35NO4Si. The summed E-state index contributed by atoms with van der Waals surface area (Å²) in [6.45, 7) is 15.9. The summed E-state index contributed by atoms with van der Waals surface area (Å²) in [4.78, 5) is 23.9. The highest BCUT2D eigenvalue weighted by atomic mass is 28.4. The van der Waals surface area contributed by atoms with Crippen LogP contribution in [-0.2, 0) is 14.0 Å². The SMILES string of the molecule is C=C(/C=C/C(=C/CCCC/C=C/C=O)N1CCOC1=O)O[Si](C)(C)C(C)(C)C. The molecule has 0 bridgehead atoms. The maximum Gasteiger partial charge on any atom is 0.414 e. The lowest BCUT2D eigenvalue weighted by Crippen LogP contribution is -2.40. The molecule has 1 amide bonds. The van der Waals surface area contributed by atoms with Crippen LogP contribution in [0.25, 0.3) is 0 Å². The average molecular weight is 406 g/mol. The number of nitrogens with zero attached hydrogens (tertiary/aromatic N) is 1. The van der Waals surface area contributed by atoms with E-state index in [2.05, 4.69) is 40.4 Å². The molecule has 1 rings (SSSR count). The van der Waals surface area contributed by atoms with Crippen LogP contribution in [-0.4, -0.2) is 38.7 Å². The fourth-order valence-electron chi connectivity index (χ4n) is 2.40. The van der Waals surface area contributed by atoms with Crippen molar-refractivity contribution >= 4 is 20.7 Å². The van der Waals surface area contributed by atoms with Crippen LogP contribution in [0.3, 0.4) is 0 Å². The Morgan fingerprint density at radius 2 is 1.93 bits per heavy atom. The molecule has 1 aliphatic rings. The predicted octanol–water partition coefficient (Wildman–Crippen LogP) is 5.73. The van der Waals surface area contributed by atoms with Crippen LogP contribution in [0, 0.1) is 0 Å². The molecule has 0 spiro atoms. The molecule has 1 aliphatic heterocycles. The Hall–Kier alpha value is -2.08. The number of allylic oxidation sites excluding steroid dienone is 5. The molecule has 0 aromatic carbocycles. The molecule has 1 saturated heterocycles. The minimum Gasteiger partial charge on any atom is -0.544 e. The summed E-state index contributed by atoms with van der Waals surface area (Å²) in [7, 11) is -1.94. The van der Waals surface area contributed by atoms with Gasteiger partial charge in [-0.1, -0.05) is 39.5 Å². The molecule has 0 aromatic heterocycles. The summed E-state index contributed by atoms with van der Waals surface area (Å²) in [5, 5.41) is 0.0967. The van der Waals surface area contributed by atoms with Gasteiger partial charge >= 0.3 is 6.09 Å². The molecule has 0 aliphatic carbocycles. The van der Waals surface area contributed by atoms with Gasteiger partial charge in [0.05, 0.1) is 12.3 Å². The van der Waals surface area contributed by atoms with Crippen molar-refractivity contribution < 1.29 is 18.8 Å². The van der Waals surface area contributed by atoms with E-state index in [0.717, 1.165) is 37.7 Å². The largest absolute Gasteiger partial charge is 0.544 e. The summed E-state index contributed by atoms with van der Waals surface area (Å²) in [6, 6.07) is 0. The van der Waals surface area contributed by atoms with E-state index >= 15 is 0 Å². The van der Waals surface area contributed by atoms with Gasteiger partial charge in [-0.2, -0.15) is 0 Å². The van der Waals surface area contributed by atoms with Gasteiger partial charge in [-0.25, -0.2) is 4.79 Å². The van der Waals surface area contributed by atoms with E-state index < -0.39 is 8.32 Å². The number of cyclic esters (lactones) is 1. The third kappa shape index (κ3) is 7.88. The number of unbranched alkanes of at least 4 members (excludes halogenated alkanes) is 3. The van der Waals surface area contributed by atoms with Crippen molar-refractivity contribution in [3.63, 3.8) is 0 Å². The number of ether oxygens (including phenoxy) is 1. The fourth-order valence-corrected chi connectivity index (χ4v) is 3.43. The van der Waals surface area contributed by atoms with Crippen LogP contribution in [0.15, 0.2) is 48.4 Å². The van der Waals surface area contributed by atoms with E-state index in [0.29, 0.717) is 18.9 Å². The molecule has 5 nitrogen and oxygen atoms in total. The topological polar surface area (TPSA) is 55.8 Å². The van der Waals surface area contributed by atoms with Crippen molar-refractivity contribution in [2.75, 3.05) is 13.2 Å². The summed E-state index contributed by atoms with van der Waals surface area (Å²) >= 11 is 0. The van der Waals surface area contributed by atoms with Crippen LogP contribution in [0.4, 0.5) is 4.79 Å². The first-order chi connectivity index (χ1) is 13.1. The molecule has 0 atom stereocenters. The van der Waals surface area contributed by atoms with Crippen LogP contribution in [0.2, 0.25) is 18.1 Å². The second kappa shape index (κ2) is 11.0. The molecule has 6 heteroatoms. The minimum absolute atomic E-state index is 0.0967. The molecule has 156 valence electrons. The second-order valence-electron chi connectivity index (χ2n) is 8.41. The lowest BCUT2D eigenvalue weighted by molar-refractivity contribution is -0.104.